The lowest BCUT2D eigenvalue weighted by atomic mass is 10.2. The lowest BCUT2D eigenvalue weighted by Gasteiger charge is -2.00. The van der Waals surface area contributed by atoms with Crippen LogP contribution < -0.4 is 5.73 Å². The molecule has 1 aliphatic carbocycles. The van der Waals surface area contributed by atoms with E-state index in [-0.39, 0.29) is 23.1 Å². The molecule has 0 amide bonds. The number of benzene rings is 1. The van der Waals surface area contributed by atoms with Gasteiger partial charge in [-0.2, -0.15) is 4.98 Å². The zero-order valence-electron chi connectivity index (χ0n) is 9.65. The normalized spacial score (nSPS) is 22.2. The molecule has 2 atom stereocenters. The molecule has 0 spiro atoms. The van der Waals surface area contributed by atoms with Crippen LogP contribution in [-0.2, 0) is 0 Å². The molecule has 2 unspecified atom stereocenters. The quantitative estimate of drug-likeness (QED) is 0.833. The minimum Gasteiger partial charge on any atom is -0.399 e. The molecule has 1 aromatic heterocycles. The van der Waals surface area contributed by atoms with Gasteiger partial charge in [-0.25, -0.2) is 8.78 Å². The van der Waals surface area contributed by atoms with Gasteiger partial charge in [0.2, 0.25) is 0 Å². The minimum absolute atomic E-state index is 0.0179. The lowest BCUT2D eigenvalue weighted by molar-refractivity contribution is 0.417. The van der Waals surface area contributed by atoms with Crippen LogP contribution in [0, 0.1) is 17.6 Å². The molecular formula is C12H11F2N3O. The Labute approximate surface area is 102 Å². The summed E-state index contributed by atoms with van der Waals surface area (Å²) in [5.74, 6) is -0.496. The number of nitrogens with two attached hydrogens (primary N) is 1. The van der Waals surface area contributed by atoms with E-state index < -0.39 is 11.6 Å². The molecule has 18 heavy (non-hydrogen) atoms. The molecule has 0 saturated heterocycles. The maximum absolute atomic E-state index is 13.7. The number of hydrogen-bond donors (Lipinski definition) is 1. The molecule has 1 aliphatic rings. The molecule has 1 fully saturated rings. The van der Waals surface area contributed by atoms with E-state index in [2.05, 4.69) is 17.1 Å². The van der Waals surface area contributed by atoms with Gasteiger partial charge in [0, 0.05) is 11.6 Å². The summed E-state index contributed by atoms with van der Waals surface area (Å²) in [5.41, 5.74) is 5.04. The van der Waals surface area contributed by atoms with Gasteiger partial charge in [0.15, 0.2) is 5.82 Å². The Morgan fingerprint density at radius 2 is 1.94 bits per heavy atom. The van der Waals surface area contributed by atoms with Gasteiger partial charge in [-0.3, -0.25) is 0 Å². The van der Waals surface area contributed by atoms with E-state index in [1.165, 1.54) is 0 Å². The largest absolute Gasteiger partial charge is 0.399 e. The van der Waals surface area contributed by atoms with Crippen molar-refractivity contribution in [1.29, 1.82) is 0 Å². The summed E-state index contributed by atoms with van der Waals surface area (Å²) in [5, 5.41) is 3.76. The first-order valence-electron chi connectivity index (χ1n) is 5.64. The van der Waals surface area contributed by atoms with Crippen LogP contribution in [0.3, 0.4) is 0 Å². The van der Waals surface area contributed by atoms with Crippen LogP contribution >= 0.6 is 0 Å². The van der Waals surface area contributed by atoms with Gasteiger partial charge >= 0.3 is 0 Å². The number of halogens is 2. The van der Waals surface area contributed by atoms with Crippen molar-refractivity contribution in [3.8, 4) is 11.5 Å². The van der Waals surface area contributed by atoms with Crippen LogP contribution in [0.2, 0.25) is 0 Å². The Kier molecular flexibility index (Phi) is 2.33. The SMILES string of the molecule is CC1CC1c1noc(-c2c(F)cc(N)cc2F)n1. The van der Waals surface area contributed by atoms with E-state index in [0.29, 0.717) is 11.7 Å². The minimum atomic E-state index is -0.799. The second-order valence-corrected chi connectivity index (χ2v) is 4.64. The predicted octanol–water partition coefficient (Wildman–Crippen LogP) is 2.72. The maximum atomic E-state index is 13.7. The molecule has 4 nitrogen and oxygen atoms in total. The number of anilines is 1. The summed E-state index contributed by atoms with van der Waals surface area (Å²) in [6.45, 7) is 2.06. The Hall–Kier alpha value is -1.98. The molecule has 1 aromatic carbocycles. The van der Waals surface area contributed by atoms with E-state index >= 15 is 0 Å². The molecular weight excluding hydrogens is 240 g/mol. The zero-order valence-corrected chi connectivity index (χ0v) is 9.65. The summed E-state index contributed by atoms with van der Waals surface area (Å²) in [6.07, 6.45) is 0.978. The monoisotopic (exact) mass is 251 g/mol. The topological polar surface area (TPSA) is 64.9 Å². The van der Waals surface area contributed by atoms with Gasteiger partial charge in [-0.15, -0.1) is 0 Å². The van der Waals surface area contributed by atoms with Crippen LogP contribution in [0.5, 0.6) is 0 Å². The number of nitrogens with zero attached hydrogens (tertiary/aromatic N) is 2. The summed E-state index contributed by atoms with van der Waals surface area (Å²) in [7, 11) is 0. The average Bonchev–Trinajstić information content (AvgIpc) is 2.83. The van der Waals surface area contributed by atoms with Crippen LogP contribution in [-0.4, -0.2) is 10.1 Å². The summed E-state index contributed by atoms with van der Waals surface area (Å²) < 4.78 is 32.2. The van der Waals surface area contributed by atoms with E-state index in [1.807, 2.05) is 0 Å². The fraction of sp³-hybridized carbons (Fsp3) is 0.333. The smallest absolute Gasteiger partial charge is 0.263 e. The molecule has 0 radical (unpaired) electrons. The van der Waals surface area contributed by atoms with Crippen LogP contribution in [0.4, 0.5) is 14.5 Å². The van der Waals surface area contributed by atoms with Crippen molar-refractivity contribution in [3.63, 3.8) is 0 Å². The number of hydrogen-bond acceptors (Lipinski definition) is 4. The Morgan fingerprint density at radius 3 is 2.50 bits per heavy atom. The van der Waals surface area contributed by atoms with Gasteiger partial charge in [-0.05, 0) is 24.5 Å². The molecule has 1 saturated carbocycles. The van der Waals surface area contributed by atoms with Crippen molar-refractivity contribution in [2.45, 2.75) is 19.3 Å². The standard InChI is InChI=1S/C12H11F2N3O/c1-5-2-7(5)11-16-12(18-17-11)10-8(13)3-6(15)4-9(10)14/h3-5,7H,2,15H2,1H3. The summed E-state index contributed by atoms with van der Waals surface area (Å²) in [6, 6.07) is 2.06. The molecule has 2 aromatic rings. The van der Waals surface area contributed by atoms with Crippen molar-refractivity contribution in [2.75, 3.05) is 5.73 Å². The summed E-state index contributed by atoms with van der Waals surface area (Å²) in [4.78, 5) is 4.05. The third-order valence-corrected chi connectivity index (χ3v) is 3.16. The maximum Gasteiger partial charge on any atom is 0.263 e. The molecule has 1 heterocycles. The van der Waals surface area contributed by atoms with Gasteiger partial charge in [-0.1, -0.05) is 12.1 Å². The first-order valence-corrected chi connectivity index (χ1v) is 5.64. The highest BCUT2D eigenvalue weighted by molar-refractivity contribution is 5.59. The third-order valence-electron chi connectivity index (χ3n) is 3.16. The number of rotatable bonds is 2. The second-order valence-electron chi connectivity index (χ2n) is 4.64. The fourth-order valence-electron chi connectivity index (χ4n) is 1.97. The highest BCUT2D eigenvalue weighted by Gasteiger charge is 2.38. The van der Waals surface area contributed by atoms with Crippen molar-refractivity contribution >= 4 is 5.69 Å². The number of nitrogen functional groups attached to an aromatic ring is 1. The first-order chi connectivity index (χ1) is 8.56. The van der Waals surface area contributed by atoms with Crippen molar-refractivity contribution < 1.29 is 13.3 Å². The second kappa shape index (κ2) is 3.76. The van der Waals surface area contributed by atoms with Crippen molar-refractivity contribution in [1.82, 2.24) is 10.1 Å². The summed E-state index contributed by atoms with van der Waals surface area (Å²) >= 11 is 0. The van der Waals surface area contributed by atoms with Gasteiger partial charge in [0.1, 0.15) is 17.2 Å². The third kappa shape index (κ3) is 1.73. The number of aromatic nitrogens is 2. The van der Waals surface area contributed by atoms with Crippen LogP contribution in [0.15, 0.2) is 16.7 Å². The van der Waals surface area contributed by atoms with E-state index in [4.69, 9.17) is 10.3 Å². The Morgan fingerprint density at radius 1 is 1.33 bits per heavy atom. The predicted molar refractivity (Wildman–Crippen MR) is 60.6 cm³/mol. The Bertz CT molecular complexity index is 588. The van der Waals surface area contributed by atoms with Crippen molar-refractivity contribution in [2.24, 2.45) is 5.92 Å². The van der Waals surface area contributed by atoms with Crippen LogP contribution in [0.1, 0.15) is 25.1 Å². The van der Waals surface area contributed by atoms with Gasteiger partial charge in [0.05, 0.1) is 0 Å². The van der Waals surface area contributed by atoms with E-state index in [0.717, 1.165) is 18.6 Å². The molecule has 0 bridgehead atoms. The highest BCUT2D eigenvalue weighted by atomic mass is 19.1. The highest BCUT2D eigenvalue weighted by Crippen LogP contribution is 2.46. The average molecular weight is 251 g/mol. The fourth-order valence-corrected chi connectivity index (χ4v) is 1.97. The van der Waals surface area contributed by atoms with E-state index in [1.54, 1.807) is 0 Å². The molecule has 3 rings (SSSR count). The first kappa shape index (κ1) is 11.1. The van der Waals surface area contributed by atoms with Crippen molar-refractivity contribution in [3.05, 3.63) is 29.6 Å². The van der Waals surface area contributed by atoms with Gasteiger partial charge in [0.25, 0.3) is 5.89 Å². The Balaban J connectivity index is 2.02. The lowest BCUT2D eigenvalue weighted by Crippen LogP contribution is -1.95. The molecule has 0 aliphatic heterocycles. The van der Waals surface area contributed by atoms with E-state index in [9.17, 15) is 8.78 Å². The zero-order chi connectivity index (χ0) is 12.9. The van der Waals surface area contributed by atoms with Gasteiger partial charge < -0.3 is 10.3 Å². The van der Waals surface area contributed by atoms with Crippen LogP contribution in [0.25, 0.3) is 11.5 Å². The molecule has 6 heteroatoms. The molecule has 94 valence electrons. The molecule has 2 N–H and O–H groups in total.